The van der Waals surface area contributed by atoms with Gasteiger partial charge in [0, 0.05) is 25.6 Å². The van der Waals surface area contributed by atoms with E-state index in [2.05, 4.69) is 16.0 Å². The maximum absolute atomic E-state index is 11.2. The van der Waals surface area contributed by atoms with Crippen LogP contribution in [0.2, 0.25) is 0 Å². The third kappa shape index (κ3) is 4.42. The minimum absolute atomic E-state index is 0.0115. The highest BCUT2D eigenvalue weighted by Crippen LogP contribution is 1.97. The average Bonchev–Trinajstić information content (AvgIpc) is 2.62. The summed E-state index contributed by atoms with van der Waals surface area (Å²) in [6.07, 6.45) is 0.737. The van der Waals surface area contributed by atoms with Crippen molar-refractivity contribution in [2.75, 3.05) is 19.6 Å². The molecule has 1 rings (SSSR count). The largest absolute Gasteiger partial charge is 0.354 e. The molecule has 82 valence electrons. The summed E-state index contributed by atoms with van der Waals surface area (Å²) in [4.78, 5) is 22.0. The molecule has 1 aliphatic heterocycles. The predicted octanol–water partition coefficient (Wildman–Crippen LogP) is -1.51. The summed E-state index contributed by atoms with van der Waals surface area (Å²) >= 11 is 0. The highest BCUT2D eigenvalue weighted by atomic mass is 16.2. The number of carbonyl (C=O) groups excluding carboxylic acids is 2. The number of nitrogens with one attached hydrogen (secondary N) is 3. The number of hydrogen-bond acceptors (Lipinski definition) is 4. The van der Waals surface area contributed by atoms with Crippen LogP contribution in [0.1, 0.15) is 12.8 Å². The number of carbonyl (C=O) groups is 2. The summed E-state index contributed by atoms with van der Waals surface area (Å²) in [6.45, 7) is 1.13. The SMILES string of the molecule is N#CCCNC(=O)CNC1CNC(=O)C1. The molecular weight excluding hydrogens is 196 g/mol. The zero-order chi connectivity index (χ0) is 11.1. The van der Waals surface area contributed by atoms with Gasteiger partial charge in [-0.2, -0.15) is 5.26 Å². The van der Waals surface area contributed by atoms with E-state index in [0.29, 0.717) is 25.9 Å². The molecule has 1 saturated heterocycles. The molecule has 1 heterocycles. The molecule has 1 fully saturated rings. The van der Waals surface area contributed by atoms with Crippen molar-refractivity contribution in [2.24, 2.45) is 0 Å². The predicted molar refractivity (Wildman–Crippen MR) is 52.7 cm³/mol. The normalized spacial score (nSPS) is 19.4. The first-order valence-electron chi connectivity index (χ1n) is 4.86. The molecule has 1 unspecified atom stereocenters. The van der Waals surface area contributed by atoms with Crippen molar-refractivity contribution in [2.45, 2.75) is 18.9 Å². The summed E-state index contributed by atoms with van der Waals surface area (Å²) < 4.78 is 0. The average molecular weight is 210 g/mol. The van der Waals surface area contributed by atoms with Crippen LogP contribution >= 0.6 is 0 Å². The molecule has 1 aliphatic rings. The Labute approximate surface area is 88.0 Å². The smallest absolute Gasteiger partial charge is 0.234 e. The van der Waals surface area contributed by atoms with E-state index in [1.165, 1.54) is 0 Å². The van der Waals surface area contributed by atoms with Gasteiger partial charge < -0.3 is 16.0 Å². The van der Waals surface area contributed by atoms with Crippen LogP contribution in [-0.2, 0) is 9.59 Å². The van der Waals surface area contributed by atoms with Gasteiger partial charge in [-0.15, -0.1) is 0 Å². The van der Waals surface area contributed by atoms with E-state index in [1.54, 1.807) is 0 Å². The van der Waals surface area contributed by atoms with Gasteiger partial charge in [0.25, 0.3) is 0 Å². The molecule has 1 atom stereocenters. The minimum Gasteiger partial charge on any atom is -0.354 e. The van der Waals surface area contributed by atoms with Gasteiger partial charge in [-0.05, 0) is 0 Å². The molecule has 0 spiro atoms. The first-order valence-corrected chi connectivity index (χ1v) is 4.86. The van der Waals surface area contributed by atoms with Crippen molar-refractivity contribution in [3.8, 4) is 6.07 Å². The van der Waals surface area contributed by atoms with Crippen molar-refractivity contribution in [1.82, 2.24) is 16.0 Å². The summed E-state index contributed by atoms with van der Waals surface area (Å²) in [7, 11) is 0. The molecule has 2 amide bonds. The van der Waals surface area contributed by atoms with Gasteiger partial charge in [-0.1, -0.05) is 0 Å². The van der Waals surface area contributed by atoms with E-state index in [9.17, 15) is 9.59 Å². The fourth-order valence-electron chi connectivity index (χ4n) is 1.31. The Morgan fingerprint density at radius 2 is 2.47 bits per heavy atom. The van der Waals surface area contributed by atoms with E-state index >= 15 is 0 Å². The first-order chi connectivity index (χ1) is 7.22. The standard InChI is InChI=1S/C9H14N4O2/c10-2-1-3-11-9(15)6-12-7-4-8(14)13-5-7/h7,12H,1,3-6H2,(H,11,15)(H,13,14). The third-order valence-corrected chi connectivity index (χ3v) is 2.09. The molecule has 0 aromatic heterocycles. The lowest BCUT2D eigenvalue weighted by atomic mass is 10.2. The zero-order valence-corrected chi connectivity index (χ0v) is 8.38. The van der Waals surface area contributed by atoms with Crippen LogP contribution in [0.5, 0.6) is 0 Å². The highest BCUT2D eigenvalue weighted by molar-refractivity contribution is 5.80. The quantitative estimate of drug-likeness (QED) is 0.481. The molecule has 15 heavy (non-hydrogen) atoms. The number of nitriles is 1. The molecule has 0 aromatic rings. The lowest BCUT2D eigenvalue weighted by Gasteiger charge is -2.09. The van der Waals surface area contributed by atoms with Gasteiger partial charge in [-0.3, -0.25) is 9.59 Å². The van der Waals surface area contributed by atoms with Gasteiger partial charge in [0.05, 0.1) is 19.0 Å². The second-order valence-corrected chi connectivity index (χ2v) is 3.34. The molecule has 6 nitrogen and oxygen atoms in total. The van der Waals surface area contributed by atoms with E-state index in [-0.39, 0.29) is 24.4 Å². The summed E-state index contributed by atoms with van der Waals surface area (Å²) in [6, 6.07) is 1.98. The van der Waals surface area contributed by atoms with Crippen molar-refractivity contribution in [3.05, 3.63) is 0 Å². The molecular formula is C9H14N4O2. The van der Waals surface area contributed by atoms with Crippen molar-refractivity contribution in [1.29, 1.82) is 5.26 Å². The molecule has 3 N–H and O–H groups in total. The Kier molecular flexibility index (Phi) is 4.57. The Hall–Kier alpha value is -1.61. The maximum atomic E-state index is 11.2. The number of hydrogen-bond donors (Lipinski definition) is 3. The third-order valence-electron chi connectivity index (χ3n) is 2.09. The molecule has 0 bridgehead atoms. The zero-order valence-electron chi connectivity index (χ0n) is 8.38. The van der Waals surface area contributed by atoms with Crippen molar-refractivity contribution < 1.29 is 9.59 Å². The van der Waals surface area contributed by atoms with Crippen molar-refractivity contribution >= 4 is 11.8 Å². The topological polar surface area (TPSA) is 94.0 Å². The van der Waals surface area contributed by atoms with Crippen LogP contribution in [-0.4, -0.2) is 37.5 Å². The monoisotopic (exact) mass is 210 g/mol. The van der Waals surface area contributed by atoms with Crippen LogP contribution in [0.15, 0.2) is 0 Å². The molecule has 0 aliphatic carbocycles. The van der Waals surface area contributed by atoms with Crippen LogP contribution < -0.4 is 16.0 Å². The maximum Gasteiger partial charge on any atom is 0.234 e. The minimum atomic E-state index is -0.149. The van der Waals surface area contributed by atoms with E-state index < -0.39 is 0 Å². The summed E-state index contributed by atoms with van der Waals surface area (Å²) in [5.41, 5.74) is 0. The Morgan fingerprint density at radius 3 is 3.07 bits per heavy atom. The Morgan fingerprint density at radius 1 is 1.67 bits per heavy atom. The molecule has 0 radical (unpaired) electrons. The van der Waals surface area contributed by atoms with Crippen molar-refractivity contribution in [3.63, 3.8) is 0 Å². The fourth-order valence-corrected chi connectivity index (χ4v) is 1.31. The number of nitrogens with zero attached hydrogens (tertiary/aromatic N) is 1. The van der Waals surface area contributed by atoms with E-state index in [4.69, 9.17) is 5.26 Å². The molecule has 0 saturated carbocycles. The lowest BCUT2D eigenvalue weighted by Crippen LogP contribution is -2.40. The molecule has 0 aromatic carbocycles. The van der Waals surface area contributed by atoms with Crippen LogP contribution in [0.3, 0.4) is 0 Å². The number of rotatable bonds is 5. The Bertz CT molecular complexity index is 284. The van der Waals surface area contributed by atoms with Gasteiger partial charge in [0.2, 0.25) is 11.8 Å². The number of amides is 2. The van der Waals surface area contributed by atoms with Gasteiger partial charge >= 0.3 is 0 Å². The lowest BCUT2D eigenvalue weighted by molar-refractivity contribution is -0.121. The second-order valence-electron chi connectivity index (χ2n) is 3.34. The second kappa shape index (κ2) is 5.98. The van der Waals surface area contributed by atoms with Crippen LogP contribution in [0, 0.1) is 11.3 Å². The van der Waals surface area contributed by atoms with Crippen LogP contribution in [0.25, 0.3) is 0 Å². The summed E-state index contributed by atoms with van der Waals surface area (Å²) in [5, 5.41) is 16.5. The summed E-state index contributed by atoms with van der Waals surface area (Å²) in [5.74, 6) is -0.137. The van der Waals surface area contributed by atoms with Gasteiger partial charge in [-0.25, -0.2) is 0 Å². The first kappa shape index (κ1) is 11.5. The van der Waals surface area contributed by atoms with Gasteiger partial charge in [0.15, 0.2) is 0 Å². The fraction of sp³-hybridized carbons (Fsp3) is 0.667. The van der Waals surface area contributed by atoms with Crippen LogP contribution in [0.4, 0.5) is 0 Å². The Balaban J connectivity index is 2.07. The highest BCUT2D eigenvalue weighted by Gasteiger charge is 2.20. The van der Waals surface area contributed by atoms with E-state index in [1.807, 2.05) is 6.07 Å². The molecule has 6 heteroatoms. The van der Waals surface area contributed by atoms with Gasteiger partial charge in [0.1, 0.15) is 0 Å². The van der Waals surface area contributed by atoms with E-state index in [0.717, 1.165) is 0 Å².